The SMILES string of the molecule is O=C(NCCc1ccccc1)N1C=Cc2ccccc2C1. The predicted molar refractivity (Wildman–Crippen MR) is 84.6 cm³/mol. The van der Waals surface area contributed by atoms with Crippen LogP contribution in [-0.2, 0) is 13.0 Å². The van der Waals surface area contributed by atoms with Crippen molar-refractivity contribution in [1.82, 2.24) is 10.2 Å². The van der Waals surface area contributed by atoms with E-state index in [1.807, 2.05) is 42.6 Å². The van der Waals surface area contributed by atoms with Crippen LogP contribution in [0.2, 0.25) is 0 Å². The van der Waals surface area contributed by atoms with E-state index in [9.17, 15) is 4.79 Å². The van der Waals surface area contributed by atoms with Crippen molar-refractivity contribution in [3.8, 4) is 0 Å². The van der Waals surface area contributed by atoms with Gasteiger partial charge < -0.3 is 5.32 Å². The number of hydrogen-bond acceptors (Lipinski definition) is 1. The fraction of sp³-hybridized carbons (Fsp3) is 0.167. The molecule has 3 heteroatoms. The summed E-state index contributed by atoms with van der Waals surface area (Å²) in [5, 5.41) is 2.97. The zero-order chi connectivity index (χ0) is 14.5. The van der Waals surface area contributed by atoms with Gasteiger partial charge in [0, 0.05) is 12.7 Å². The molecular formula is C18H18N2O. The van der Waals surface area contributed by atoms with E-state index in [0.717, 1.165) is 6.42 Å². The minimum Gasteiger partial charge on any atom is -0.337 e. The zero-order valence-corrected chi connectivity index (χ0v) is 11.8. The molecule has 1 heterocycles. The van der Waals surface area contributed by atoms with Gasteiger partial charge >= 0.3 is 6.03 Å². The van der Waals surface area contributed by atoms with Crippen LogP contribution in [0.1, 0.15) is 16.7 Å². The Bertz CT molecular complexity index is 649. The first-order valence-electron chi connectivity index (χ1n) is 7.17. The summed E-state index contributed by atoms with van der Waals surface area (Å²) in [5.41, 5.74) is 3.60. The molecule has 0 saturated heterocycles. The minimum atomic E-state index is -0.0447. The number of fused-ring (bicyclic) bond motifs is 1. The van der Waals surface area contributed by atoms with Crippen LogP contribution < -0.4 is 5.32 Å². The number of amides is 2. The molecule has 1 N–H and O–H groups in total. The number of nitrogens with zero attached hydrogens (tertiary/aromatic N) is 1. The first kappa shape index (κ1) is 13.4. The fourth-order valence-electron chi connectivity index (χ4n) is 2.45. The second kappa shape index (κ2) is 6.27. The Labute approximate surface area is 124 Å². The van der Waals surface area contributed by atoms with Gasteiger partial charge in [-0.25, -0.2) is 4.79 Å². The van der Waals surface area contributed by atoms with Crippen molar-refractivity contribution in [3.05, 3.63) is 77.5 Å². The largest absolute Gasteiger partial charge is 0.337 e. The van der Waals surface area contributed by atoms with Crippen molar-refractivity contribution >= 4 is 12.1 Å². The number of benzene rings is 2. The smallest absolute Gasteiger partial charge is 0.321 e. The Balaban J connectivity index is 1.53. The van der Waals surface area contributed by atoms with E-state index in [1.54, 1.807) is 4.90 Å². The number of rotatable bonds is 3. The molecule has 21 heavy (non-hydrogen) atoms. The van der Waals surface area contributed by atoms with Crippen molar-refractivity contribution in [1.29, 1.82) is 0 Å². The summed E-state index contributed by atoms with van der Waals surface area (Å²) >= 11 is 0. The highest BCUT2D eigenvalue weighted by molar-refractivity contribution is 5.77. The highest BCUT2D eigenvalue weighted by atomic mass is 16.2. The molecule has 0 radical (unpaired) electrons. The molecule has 0 bridgehead atoms. The molecule has 0 spiro atoms. The molecule has 2 aromatic carbocycles. The van der Waals surface area contributed by atoms with Crippen molar-refractivity contribution in [2.45, 2.75) is 13.0 Å². The normalized spacial score (nSPS) is 12.9. The molecule has 1 aliphatic heterocycles. The molecule has 106 valence electrons. The minimum absolute atomic E-state index is 0.0447. The summed E-state index contributed by atoms with van der Waals surface area (Å²) in [6.45, 7) is 1.28. The third-order valence-electron chi connectivity index (χ3n) is 3.62. The van der Waals surface area contributed by atoms with E-state index in [1.165, 1.54) is 16.7 Å². The molecule has 0 fully saturated rings. The van der Waals surface area contributed by atoms with E-state index < -0.39 is 0 Å². The summed E-state index contributed by atoms with van der Waals surface area (Å²) in [5.74, 6) is 0. The Hall–Kier alpha value is -2.55. The first-order chi connectivity index (χ1) is 10.3. The topological polar surface area (TPSA) is 32.3 Å². The second-order valence-electron chi connectivity index (χ2n) is 5.11. The molecular weight excluding hydrogens is 260 g/mol. The maximum Gasteiger partial charge on any atom is 0.321 e. The Morgan fingerprint density at radius 3 is 2.67 bits per heavy atom. The lowest BCUT2D eigenvalue weighted by Crippen LogP contribution is -2.38. The second-order valence-corrected chi connectivity index (χ2v) is 5.11. The fourth-order valence-corrected chi connectivity index (χ4v) is 2.45. The van der Waals surface area contributed by atoms with Gasteiger partial charge in [-0.1, -0.05) is 54.6 Å². The quantitative estimate of drug-likeness (QED) is 0.916. The number of nitrogens with one attached hydrogen (secondary N) is 1. The van der Waals surface area contributed by atoms with E-state index in [-0.39, 0.29) is 6.03 Å². The molecule has 1 aliphatic rings. The highest BCUT2D eigenvalue weighted by Gasteiger charge is 2.15. The maximum atomic E-state index is 12.2. The molecule has 0 atom stereocenters. The van der Waals surface area contributed by atoms with Gasteiger partial charge in [0.25, 0.3) is 0 Å². The lowest BCUT2D eigenvalue weighted by atomic mass is 10.0. The third kappa shape index (κ3) is 3.31. The van der Waals surface area contributed by atoms with Crippen LogP contribution in [0.3, 0.4) is 0 Å². The van der Waals surface area contributed by atoms with Crippen LogP contribution in [0.4, 0.5) is 4.79 Å². The lowest BCUT2D eigenvalue weighted by Gasteiger charge is -2.23. The zero-order valence-electron chi connectivity index (χ0n) is 11.8. The van der Waals surface area contributed by atoms with Crippen LogP contribution in [0, 0.1) is 0 Å². The van der Waals surface area contributed by atoms with Gasteiger partial charge in [-0.15, -0.1) is 0 Å². The maximum absolute atomic E-state index is 12.2. The molecule has 0 unspecified atom stereocenters. The van der Waals surface area contributed by atoms with Crippen molar-refractivity contribution in [2.75, 3.05) is 6.54 Å². The monoisotopic (exact) mass is 278 g/mol. The van der Waals surface area contributed by atoms with E-state index >= 15 is 0 Å². The highest BCUT2D eigenvalue weighted by Crippen LogP contribution is 2.18. The lowest BCUT2D eigenvalue weighted by molar-refractivity contribution is 0.213. The Morgan fingerprint density at radius 2 is 1.81 bits per heavy atom. The first-order valence-corrected chi connectivity index (χ1v) is 7.17. The molecule has 0 saturated carbocycles. The summed E-state index contributed by atoms with van der Waals surface area (Å²) in [6, 6.07) is 18.3. The average molecular weight is 278 g/mol. The van der Waals surface area contributed by atoms with Crippen molar-refractivity contribution < 1.29 is 4.79 Å². The van der Waals surface area contributed by atoms with Gasteiger partial charge in [0.1, 0.15) is 0 Å². The van der Waals surface area contributed by atoms with Gasteiger partial charge in [0.05, 0.1) is 6.54 Å². The van der Waals surface area contributed by atoms with Crippen LogP contribution in [0.5, 0.6) is 0 Å². The van der Waals surface area contributed by atoms with Gasteiger partial charge in [-0.05, 0) is 29.2 Å². The summed E-state index contributed by atoms with van der Waals surface area (Å²) in [7, 11) is 0. The van der Waals surface area contributed by atoms with E-state index in [4.69, 9.17) is 0 Å². The van der Waals surface area contributed by atoms with E-state index in [0.29, 0.717) is 13.1 Å². The Morgan fingerprint density at radius 1 is 1.05 bits per heavy atom. The van der Waals surface area contributed by atoms with E-state index in [2.05, 4.69) is 29.6 Å². The third-order valence-corrected chi connectivity index (χ3v) is 3.62. The predicted octanol–water partition coefficient (Wildman–Crippen LogP) is 3.43. The molecule has 2 amide bonds. The van der Waals surface area contributed by atoms with Gasteiger partial charge in [-0.3, -0.25) is 4.90 Å². The summed E-state index contributed by atoms with van der Waals surface area (Å²) in [6.07, 6.45) is 4.68. The average Bonchev–Trinajstić information content (AvgIpc) is 2.55. The van der Waals surface area contributed by atoms with Gasteiger partial charge in [-0.2, -0.15) is 0 Å². The standard InChI is InChI=1S/C18H18N2O/c21-18(19-12-10-15-6-2-1-3-7-15)20-13-11-16-8-4-5-9-17(16)14-20/h1-9,11,13H,10,12,14H2,(H,19,21). The Kier molecular flexibility index (Phi) is 4.01. The van der Waals surface area contributed by atoms with Crippen molar-refractivity contribution in [3.63, 3.8) is 0 Å². The van der Waals surface area contributed by atoms with Crippen LogP contribution in [0.15, 0.2) is 60.8 Å². The summed E-state index contributed by atoms with van der Waals surface area (Å²) < 4.78 is 0. The number of urea groups is 1. The number of hydrogen-bond donors (Lipinski definition) is 1. The molecule has 3 nitrogen and oxygen atoms in total. The molecule has 3 rings (SSSR count). The van der Waals surface area contributed by atoms with Crippen LogP contribution >= 0.6 is 0 Å². The van der Waals surface area contributed by atoms with Crippen LogP contribution in [0.25, 0.3) is 6.08 Å². The van der Waals surface area contributed by atoms with Crippen LogP contribution in [-0.4, -0.2) is 17.5 Å². The molecule has 0 aliphatic carbocycles. The number of carbonyl (C=O) groups excluding carboxylic acids is 1. The van der Waals surface area contributed by atoms with Gasteiger partial charge in [0.2, 0.25) is 0 Å². The molecule has 0 aromatic heterocycles. The summed E-state index contributed by atoms with van der Waals surface area (Å²) in [4.78, 5) is 13.9. The van der Waals surface area contributed by atoms with Gasteiger partial charge in [0.15, 0.2) is 0 Å². The van der Waals surface area contributed by atoms with Crippen molar-refractivity contribution in [2.24, 2.45) is 0 Å². The molecule has 2 aromatic rings. The number of carbonyl (C=O) groups is 1.